The number of aliphatic carboxylic acids is 1. The Hall–Kier alpha value is -3.18. The molecule has 0 heterocycles. The van der Waals surface area contributed by atoms with Gasteiger partial charge in [0, 0.05) is 6.42 Å². The maximum Gasteiger partial charge on any atom is 0.326 e. The Morgan fingerprint density at radius 1 is 1.07 bits per heavy atom. The van der Waals surface area contributed by atoms with Gasteiger partial charge >= 0.3 is 5.97 Å². The number of nitrogens with two attached hydrogens (primary N) is 2. The van der Waals surface area contributed by atoms with Crippen LogP contribution in [0.3, 0.4) is 0 Å². The Morgan fingerprint density at radius 2 is 1.64 bits per heavy atom. The molecule has 0 aromatic heterocycles. The third-order valence-corrected chi connectivity index (χ3v) is 3.81. The molecule has 4 atom stereocenters. The minimum absolute atomic E-state index is 0.00356. The molecular weight excluding hydrogens is 372 g/mol. The van der Waals surface area contributed by atoms with Gasteiger partial charge in [0.15, 0.2) is 0 Å². The number of carbonyl (C=O) groups excluding carboxylic acids is 3. The average molecular weight is 396 g/mol. The minimum atomic E-state index is -1.49. The van der Waals surface area contributed by atoms with Crippen molar-refractivity contribution in [3.8, 4) is 5.75 Å². The number of carboxylic acid groups (broad SMARTS) is 1. The lowest BCUT2D eigenvalue weighted by Crippen LogP contribution is -2.58. The normalized spacial score (nSPS) is 15.0. The van der Waals surface area contributed by atoms with Gasteiger partial charge in [-0.05, 0) is 24.6 Å². The highest BCUT2D eigenvalue weighted by Gasteiger charge is 2.31. The van der Waals surface area contributed by atoms with E-state index in [4.69, 9.17) is 11.5 Å². The topological polar surface area (TPSA) is 205 Å². The number of hydrogen-bond acceptors (Lipinski definition) is 7. The molecule has 1 rings (SSSR count). The van der Waals surface area contributed by atoms with E-state index in [0.29, 0.717) is 5.56 Å². The number of primary amides is 1. The SMILES string of the molecule is C[C@@H](O)[C@H](NC(=O)[C@@H](N)CC(N)=O)C(=O)N[C@@H](Cc1ccc(O)cc1)C(=O)O. The number of amides is 3. The summed E-state index contributed by atoms with van der Waals surface area (Å²) < 4.78 is 0. The van der Waals surface area contributed by atoms with E-state index in [1.54, 1.807) is 0 Å². The first kappa shape index (κ1) is 22.9. The molecule has 9 N–H and O–H groups in total. The Kier molecular flexibility index (Phi) is 8.35. The fraction of sp³-hybridized carbons (Fsp3) is 0.412. The van der Waals surface area contributed by atoms with Crippen molar-refractivity contribution >= 4 is 23.7 Å². The number of hydrogen-bond donors (Lipinski definition) is 7. The Balaban J connectivity index is 2.83. The summed E-state index contributed by atoms with van der Waals surface area (Å²) in [6.45, 7) is 1.22. The first-order chi connectivity index (χ1) is 13.0. The third kappa shape index (κ3) is 7.21. The van der Waals surface area contributed by atoms with E-state index in [1.807, 2.05) is 0 Å². The lowest BCUT2D eigenvalue weighted by atomic mass is 10.0. The molecule has 0 spiro atoms. The molecule has 0 saturated carbocycles. The number of aliphatic hydroxyl groups is 1. The van der Waals surface area contributed by atoms with E-state index in [2.05, 4.69) is 10.6 Å². The second-order valence-corrected chi connectivity index (χ2v) is 6.27. The average Bonchev–Trinajstić information content (AvgIpc) is 2.59. The second kappa shape index (κ2) is 10.2. The molecule has 1 aromatic carbocycles. The number of phenols is 1. The standard InChI is InChI=1S/C17H24N4O7/c1-8(22)14(21-15(25)11(18)7-13(19)24)16(26)20-12(17(27)28)6-9-2-4-10(23)5-3-9/h2-5,8,11-12,14,22-23H,6-7,18H2,1H3,(H2,19,24)(H,20,26)(H,21,25)(H,27,28)/t8-,11+,12+,14+/m1/s1. The molecule has 3 amide bonds. The van der Waals surface area contributed by atoms with Gasteiger partial charge in [-0.25, -0.2) is 4.79 Å². The number of aliphatic hydroxyl groups excluding tert-OH is 1. The molecular formula is C17H24N4O7. The molecule has 1 aromatic rings. The van der Waals surface area contributed by atoms with Gasteiger partial charge in [-0.2, -0.15) is 0 Å². The summed E-state index contributed by atoms with van der Waals surface area (Å²) in [5, 5.41) is 32.8. The van der Waals surface area contributed by atoms with Crippen LogP contribution in [-0.2, 0) is 25.6 Å². The number of carboxylic acids is 1. The van der Waals surface area contributed by atoms with E-state index < -0.39 is 54.3 Å². The number of carbonyl (C=O) groups is 4. The van der Waals surface area contributed by atoms with Crippen LogP contribution in [0.4, 0.5) is 0 Å². The van der Waals surface area contributed by atoms with E-state index >= 15 is 0 Å². The highest BCUT2D eigenvalue weighted by molar-refractivity contribution is 5.93. The highest BCUT2D eigenvalue weighted by atomic mass is 16.4. The predicted octanol–water partition coefficient (Wildman–Crippen LogP) is -2.43. The van der Waals surface area contributed by atoms with Crippen molar-refractivity contribution in [1.29, 1.82) is 0 Å². The van der Waals surface area contributed by atoms with E-state index in [-0.39, 0.29) is 12.2 Å². The zero-order valence-electron chi connectivity index (χ0n) is 15.2. The quantitative estimate of drug-likeness (QED) is 0.226. The van der Waals surface area contributed by atoms with Crippen LogP contribution in [0.2, 0.25) is 0 Å². The summed E-state index contributed by atoms with van der Waals surface area (Å²) in [5.41, 5.74) is 11.0. The number of phenolic OH excluding ortho intramolecular Hbond substituents is 1. The van der Waals surface area contributed by atoms with Crippen LogP contribution < -0.4 is 22.1 Å². The summed E-state index contributed by atoms with van der Waals surface area (Å²) >= 11 is 0. The predicted molar refractivity (Wildman–Crippen MR) is 96.8 cm³/mol. The highest BCUT2D eigenvalue weighted by Crippen LogP contribution is 2.11. The molecule has 154 valence electrons. The molecule has 0 aliphatic rings. The van der Waals surface area contributed by atoms with Crippen molar-refractivity contribution in [2.75, 3.05) is 0 Å². The van der Waals surface area contributed by atoms with Crippen molar-refractivity contribution in [3.05, 3.63) is 29.8 Å². The fourth-order valence-electron chi connectivity index (χ4n) is 2.30. The molecule has 0 radical (unpaired) electrons. The first-order valence-corrected chi connectivity index (χ1v) is 8.34. The fourth-order valence-corrected chi connectivity index (χ4v) is 2.30. The first-order valence-electron chi connectivity index (χ1n) is 8.34. The molecule has 0 bridgehead atoms. The molecule has 11 nitrogen and oxygen atoms in total. The van der Waals surface area contributed by atoms with Crippen molar-refractivity contribution in [1.82, 2.24) is 10.6 Å². The maximum absolute atomic E-state index is 12.4. The molecule has 0 aliphatic heterocycles. The Bertz CT molecular complexity index is 721. The van der Waals surface area contributed by atoms with Gasteiger partial charge < -0.3 is 37.4 Å². The van der Waals surface area contributed by atoms with Gasteiger partial charge in [0.2, 0.25) is 17.7 Å². The lowest BCUT2D eigenvalue weighted by Gasteiger charge is -2.24. The second-order valence-electron chi connectivity index (χ2n) is 6.27. The van der Waals surface area contributed by atoms with E-state index in [9.17, 15) is 34.5 Å². The summed E-state index contributed by atoms with van der Waals surface area (Å²) in [5.74, 6) is -3.99. The number of benzene rings is 1. The molecule has 0 fully saturated rings. The van der Waals surface area contributed by atoms with Crippen LogP contribution in [0.15, 0.2) is 24.3 Å². The molecule has 0 unspecified atom stereocenters. The van der Waals surface area contributed by atoms with Gasteiger partial charge in [0.25, 0.3) is 0 Å². The van der Waals surface area contributed by atoms with E-state index in [1.165, 1.54) is 31.2 Å². The van der Waals surface area contributed by atoms with Crippen molar-refractivity contribution in [3.63, 3.8) is 0 Å². The number of aromatic hydroxyl groups is 1. The number of rotatable bonds is 10. The largest absolute Gasteiger partial charge is 0.508 e. The molecule has 0 saturated heterocycles. The Morgan fingerprint density at radius 3 is 2.11 bits per heavy atom. The molecule has 11 heteroatoms. The summed E-state index contributed by atoms with van der Waals surface area (Å²) in [4.78, 5) is 46.7. The number of nitrogens with one attached hydrogen (secondary N) is 2. The van der Waals surface area contributed by atoms with Gasteiger partial charge in [-0.1, -0.05) is 12.1 Å². The van der Waals surface area contributed by atoms with Crippen molar-refractivity contribution < 1.29 is 34.5 Å². The van der Waals surface area contributed by atoms with Crippen LogP contribution in [-0.4, -0.2) is 63.2 Å². The third-order valence-electron chi connectivity index (χ3n) is 3.81. The van der Waals surface area contributed by atoms with Gasteiger partial charge in [-0.3, -0.25) is 14.4 Å². The lowest BCUT2D eigenvalue weighted by molar-refractivity contribution is -0.143. The van der Waals surface area contributed by atoms with Crippen molar-refractivity contribution in [2.45, 2.75) is 44.0 Å². The van der Waals surface area contributed by atoms with Crippen LogP contribution >= 0.6 is 0 Å². The monoisotopic (exact) mass is 396 g/mol. The Labute approximate surface area is 160 Å². The van der Waals surface area contributed by atoms with Crippen LogP contribution in [0.25, 0.3) is 0 Å². The van der Waals surface area contributed by atoms with Gasteiger partial charge in [0.1, 0.15) is 17.8 Å². The smallest absolute Gasteiger partial charge is 0.326 e. The summed E-state index contributed by atoms with van der Waals surface area (Å²) in [7, 11) is 0. The van der Waals surface area contributed by atoms with Gasteiger partial charge in [-0.15, -0.1) is 0 Å². The van der Waals surface area contributed by atoms with Gasteiger partial charge in [0.05, 0.1) is 18.6 Å². The van der Waals surface area contributed by atoms with Crippen LogP contribution in [0.1, 0.15) is 18.9 Å². The summed E-state index contributed by atoms with van der Waals surface area (Å²) in [6.07, 6.45) is -1.92. The van der Waals surface area contributed by atoms with Crippen LogP contribution in [0.5, 0.6) is 5.75 Å². The van der Waals surface area contributed by atoms with Crippen LogP contribution in [0, 0.1) is 0 Å². The summed E-state index contributed by atoms with van der Waals surface area (Å²) in [6, 6.07) is 1.56. The van der Waals surface area contributed by atoms with E-state index in [0.717, 1.165) is 0 Å². The molecule has 0 aliphatic carbocycles. The zero-order chi connectivity index (χ0) is 21.4. The minimum Gasteiger partial charge on any atom is -0.508 e. The molecule has 28 heavy (non-hydrogen) atoms. The zero-order valence-corrected chi connectivity index (χ0v) is 15.2. The van der Waals surface area contributed by atoms with Crippen molar-refractivity contribution in [2.24, 2.45) is 11.5 Å². The maximum atomic E-state index is 12.4.